The molecule has 2 aromatic rings. The number of carbonyl (C=O) groups excluding carboxylic acids is 7. The van der Waals surface area contributed by atoms with Crippen LogP contribution in [0.3, 0.4) is 0 Å². The number of nitrogens with one attached hydrogen (secondary N) is 6. The van der Waals surface area contributed by atoms with Crippen LogP contribution in [0.2, 0.25) is 0 Å². The molecule has 1 heterocycles. The number of hydrogen-bond donors (Lipinski definition) is 8. The van der Waals surface area contributed by atoms with Gasteiger partial charge in [0.1, 0.15) is 30.2 Å². The van der Waals surface area contributed by atoms with Crippen LogP contribution in [0.4, 0.5) is 0 Å². The molecule has 0 aromatic heterocycles. The predicted octanol–water partition coefficient (Wildman–Crippen LogP) is 0.246. The summed E-state index contributed by atoms with van der Waals surface area (Å²) in [6.45, 7) is 4.25. The van der Waals surface area contributed by atoms with Gasteiger partial charge in [-0.15, -0.1) is 0 Å². The number of nitrogens with two attached hydrogens (primary N) is 2. The van der Waals surface area contributed by atoms with E-state index >= 15 is 0 Å². The Bertz CT molecular complexity index is 1560. The van der Waals surface area contributed by atoms with Crippen LogP contribution in [0.5, 0.6) is 0 Å². The van der Waals surface area contributed by atoms with Crippen molar-refractivity contribution in [1.29, 1.82) is 0 Å². The minimum absolute atomic E-state index is 0.0402. The Kier molecular flexibility index (Phi) is 18.1. The fraction of sp³-hybridized carbons (Fsp3) is 0.513. The molecule has 1 fully saturated rings. The predicted molar refractivity (Wildman–Crippen MR) is 203 cm³/mol. The number of carbonyl (C=O) groups is 7. The van der Waals surface area contributed by atoms with Crippen molar-refractivity contribution in [3.8, 4) is 0 Å². The van der Waals surface area contributed by atoms with Crippen molar-refractivity contribution in [3.63, 3.8) is 0 Å². The molecule has 1 saturated heterocycles. The normalized spacial score (nSPS) is 21.0. The summed E-state index contributed by atoms with van der Waals surface area (Å²) in [4.78, 5) is 93.2. The molecule has 0 unspecified atom stereocenters. The molecular formula is C39H56N8O7. The van der Waals surface area contributed by atoms with E-state index in [4.69, 9.17) is 11.5 Å². The quantitative estimate of drug-likeness (QED) is 0.133. The lowest BCUT2D eigenvalue weighted by molar-refractivity contribution is -0.135. The largest absolute Gasteiger partial charge is 0.368 e. The van der Waals surface area contributed by atoms with Crippen LogP contribution in [0.25, 0.3) is 0 Å². The van der Waals surface area contributed by atoms with E-state index in [2.05, 4.69) is 31.9 Å². The van der Waals surface area contributed by atoms with Gasteiger partial charge in [-0.25, -0.2) is 0 Å². The monoisotopic (exact) mass is 748 g/mol. The van der Waals surface area contributed by atoms with Gasteiger partial charge in [-0.2, -0.15) is 0 Å². The Morgan fingerprint density at radius 2 is 1.46 bits per heavy atom. The van der Waals surface area contributed by atoms with Crippen molar-refractivity contribution in [3.05, 3.63) is 71.8 Å². The summed E-state index contributed by atoms with van der Waals surface area (Å²) in [5.74, 6) is -4.41. The molecule has 0 saturated carbocycles. The average molecular weight is 749 g/mol. The van der Waals surface area contributed by atoms with Crippen molar-refractivity contribution in [2.24, 2.45) is 17.4 Å². The van der Waals surface area contributed by atoms with Crippen LogP contribution in [0.15, 0.2) is 60.7 Å². The molecule has 3 rings (SSSR count). The molecule has 0 bridgehead atoms. The van der Waals surface area contributed by atoms with Crippen molar-refractivity contribution in [1.82, 2.24) is 31.9 Å². The third-order valence-electron chi connectivity index (χ3n) is 9.00. The lowest BCUT2D eigenvalue weighted by Crippen LogP contribution is -2.59. The molecule has 2 aromatic carbocycles. The minimum Gasteiger partial charge on any atom is -0.368 e. The first-order chi connectivity index (χ1) is 25.9. The standard InChI is InChI=1S/C39H56N8O7/c1-25(2)22-31-38(53)47-32(23-27-14-7-4-8-15-27)39(54)45-30(35(41)50)24-34(49)42-21-10-9-16-28(36(51)46-31)44-37(52)29(43-33(48)17-11-20-40)19-18-26-12-5-3-6-13-26/h3-8,12-15,25,28-32H,9-11,16-24,40H2,1-2H3,(H2,41,50)(H,42,49)(H,43,48)(H,44,52)(H,45,54)(H,46,51)(H,47,53)/t28-,29+,30-,31-,32-/m0/s1. The third-order valence-corrected chi connectivity index (χ3v) is 9.00. The Morgan fingerprint density at radius 3 is 2.09 bits per heavy atom. The van der Waals surface area contributed by atoms with E-state index in [0.717, 1.165) is 5.56 Å². The molecule has 1 aliphatic heterocycles. The van der Waals surface area contributed by atoms with E-state index in [1.54, 1.807) is 30.3 Å². The highest BCUT2D eigenvalue weighted by Crippen LogP contribution is 2.12. The number of rotatable bonds is 14. The van der Waals surface area contributed by atoms with Crippen molar-refractivity contribution < 1.29 is 33.6 Å². The van der Waals surface area contributed by atoms with E-state index in [0.29, 0.717) is 37.8 Å². The van der Waals surface area contributed by atoms with Crippen LogP contribution in [0.1, 0.15) is 76.3 Å². The maximum absolute atomic E-state index is 14.0. The number of amides is 7. The van der Waals surface area contributed by atoms with Crippen molar-refractivity contribution in [2.75, 3.05) is 13.1 Å². The Labute approximate surface area is 316 Å². The van der Waals surface area contributed by atoms with E-state index in [1.165, 1.54) is 0 Å². The summed E-state index contributed by atoms with van der Waals surface area (Å²) in [5, 5.41) is 16.4. The minimum atomic E-state index is -1.33. The summed E-state index contributed by atoms with van der Waals surface area (Å²) >= 11 is 0. The summed E-state index contributed by atoms with van der Waals surface area (Å²) in [5.41, 5.74) is 12.8. The van der Waals surface area contributed by atoms with Crippen LogP contribution in [-0.4, -0.2) is 84.6 Å². The summed E-state index contributed by atoms with van der Waals surface area (Å²) < 4.78 is 0. The second kappa shape index (κ2) is 22.7. The molecule has 10 N–H and O–H groups in total. The first kappa shape index (κ1) is 43.1. The average Bonchev–Trinajstić information content (AvgIpc) is 3.14. The Morgan fingerprint density at radius 1 is 0.833 bits per heavy atom. The lowest BCUT2D eigenvalue weighted by Gasteiger charge is -2.28. The molecular weight excluding hydrogens is 692 g/mol. The molecule has 294 valence electrons. The SMILES string of the molecule is CC(C)C[C@@H]1NC(=O)[C@@H](NC(=O)[C@@H](CCc2ccccc2)NC(=O)CCCN)CCCCNC(=O)C[C@@H](C(N)=O)NC(=O)[C@H](Cc2ccccc2)NC1=O. The van der Waals surface area contributed by atoms with Crippen molar-refractivity contribution in [2.45, 2.75) is 108 Å². The lowest BCUT2D eigenvalue weighted by atomic mass is 9.99. The molecule has 0 radical (unpaired) electrons. The number of hydrogen-bond acceptors (Lipinski definition) is 8. The van der Waals surface area contributed by atoms with E-state index < -0.39 is 72.1 Å². The number of aryl methyl sites for hydroxylation is 1. The second-order valence-corrected chi connectivity index (χ2v) is 14.1. The fourth-order valence-corrected chi connectivity index (χ4v) is 6.06. The van der Waals surface area contributed by atoms with Gasteiger partial charge in [-0.3, -0.25) is 33.6 Å². The topological polar surface area (TPSA) is 244 Å². The summed E-state index contributed by atoms with van der Waals surface area (Å²) in [7, 11) is 0. The van der Waals surface area contributed by atoms with Gasteiger partial charge in [0, 0.05) is 19.4 Å². The molecule has 5 atom stereocenters. The summed E-state index contributed by atoms with van der Waals surface area (Å²) in [6.07, 6.45) is 2.09. The highest BCUT2D eigenvalue weighted by molar-refractivity contribution is 5.97. The van der Waals surface area contributed by atoms with E-state index in [1.807, 2.05) is 44.2 Å². The van der Waals surface area contributed by atoms with Gasteiger partial charge in [0.2, 0.25) is 41.4 Å². The van der Waals surface area contributed by atoms with Crippen LogP contribution in [0, 0.1) is 5.92 Å². The third kappa shape index (κ3) is 15.3. The molecule has 1 aliphatic rings. The smallest absolute Gasteiger partial charge is 0.243 e. The fourth-order valence-electron chi connectivity index (χ4n) is 6.06. The second-order valence-electron chi connectivity index (χ2n) is 14.1. The van der Waals surface area contributed by atoms with E-state index in [-0.39, 0.29) is 50.5 Å². The molecule has 15 heteroatoms. The zero-order valence-electron chi connectivity index (χ0n) is 31.2. The maximum Gasteiger partial charge on any atom is 0.243 e. The van der Waals surface area contributed by atoms with Gasteiger partial charge in [0.15, 0.2) is 0 Å². The molecule has 15 nitrogen and oxygen atoms in total. The van der Waals surface area contributed by atoms with Crippen LogP contribution >= 0.6 is 0 Å². The Hall–Kier alpha value is -5.31. The van der Waals surface area contributed by atoms with E-state index in [9.17, 15) is 33.6 Å². The van der Waals surface area contributed by atoms with Gasteiger partial charge in [0.25, 0.3) is 0 Å². The van der Waals surface area contributed by atoms with Crippen LogP contribution < -0.4 is 43.4 Å². The first-order valence-corrected chi connectivity index (χ1v) is 18.7. The first-order valence-electron chi connectivity index (χ1n) is 18.7. The number of benzene rings is 2. The van der Waals surface area contributed by atoms with Crippen LogP contribution in [-0.2, 0) is 46.4 Å². The zero-order valence-corrected chi connectivity index (χ0v) is 31.2. The molecule has 0 spiro atoms. The van der Waals surface area contributed by atoms with Gasteiger partial charge in [-0.05, 0) is 68.5 Å². The highest BCUT2D eigenvalue weighted by Gasteiger charge is 2.33. The maximum atomic E-state index is 14.0. The van der Waals surface area contributed by atoms with Crippen molar-refractivity contribution >= 4 is 41.4 Å². The zero-order chi connectivity index (χ0) is 39.5. The highest BCUT2D eigenvalue weighted by atomic mass is 16.2. The molecule has 0 aliphatic carbocycles. The van der Waals surface area contributed by atoms with Gasteiger partial charge < -0.3 is 43.4 Å². The van der Waals surface area contributed by atoms with Gasteiger partial charge in [0.05, 0.1) is 6.42 Å². The van der Waals surface area contributed by atoms with Gasteiger partial charge >= 0.3 is 0 Å². The Balaban J connectivity index is 1.91. The summed E-state index contributed by atoms with van der Waals surface area (Å²) in [6, 6.07) is 12.7. The molecule has 7 amide bonds. The number of primary amides is 1. The van der Waals surface area contributed by atoms with Gasteiger partial charge in [-0.1, -0.05) is 74.5 Å². The molecule has 54 heavy (non-hydrogen) atoms.